The topological polar surface area (TPSA) is 55.9 Å². The predicted octanol–water partition coefficient (Wildman–Crippen LogP) is 1.64. The molecule has 0 saturated carbocycles. The van der Waals surface area contributed by atoms with Gasteiger partial charge in [0.15, 0.2) is 0 Å². The van der Waals surface area contributed by atoms with E-state index < -0.39 is 0 Å². The number of likely N-dealkylation sites (tertiary alicyclic amines) is 1. The Kier molecular flexibility index (Phi) is 6.63. The molecule has 2 fully saturated rings. The number of nitrogens with one attached hydrogen (secondary N) is 1. The standard InChI is InChI=1S/C20H30N4O2/c1-17(20(26)21-18-8-4-2-5-9-18)23-14-12-22(13-15-23)16-19(25)24-10-6-3-7-11-24/h2,4-5,8-9,17H,3,6-7,10-16H2,1H3,(H,21,26)/t17-/m0/s1. The molecule has 0 spiro atoms. The van der Waals surface area contributed by atoms with Crippen LogP contribution < -0.4 is 5.32 Å². The maximum atomic E-state index is 12.5. The van der Waals surface area contributed by atoms with Crippen LogP contribution in [0.3, 0.4) is 0 Å². The molecule has 6 nitrogen and oxygen atoms in total. The first-order chi connectivity index (χ1) is 12.6. The molecular formula is C20H30N4O2. The number of carbonyl (C=O) groups excluding carboxylic acids is 2. The molecule has 1 atom stereocenters. The third kappa shape index (κ3) is 5.05. The van der Waals surface area contributed by atoms with Crippen LogP contribution >= 0.6 is 0 Å². The zero-order chi connectivity index (χ0) is 18.4. The van der Waals surface area contributed by atoms with Crippen LogP contribution in [0.25, 0.3) is 0 Å². The Balaban J connectivity index is 1.42. The summed E-state index contributed by atoms with van der Waals surface area (Å²) < 4.78 is 0. The maximum Gasteiger partial charge on any atom is 0.241 e. The summed E-state index contributed by atoms with van der Waals surface area (Å²) in [7, 11) is 0. The highest BCUT2D eigenvalue weighted by molar-refractivity contribution is 5.94. The van der Waals surface area contributed by atoms with E-state index in [1.165, 1.54) is 6.42 Å². The van der Waals surface area contributed by atoms with Crippen molar-refractivity contribution in [1.82, 2.24) is 14.7 Å². The molecule has 0 aromatic heterocycles. The summed E-state index contributed by atoms with van der Waals surface area (Å²) in [5, 5.41) is 2.97. The van der Waals surface area contributed by atoms with Gasteiger partial charge in [0, 0.05) is 45.0 Å². The lowest BCUT2D eigenvalue weighted by Gasteiger charge is -2.38. The van der Waals surface area contributed by atoms with E-state index in [2.05, 4.69) is 15.1 Å². The molecule has 26 heavy (non-hydrogen) atoms. The highest BCUT2D eigenvalue weighted by Gasteiger charge is 2.27. The second-order valence-corrected chi connectivity index (χ2v) is 7.28. The van der Waals surface area contributed by atoms with E-state index in [1.54, 1.807) is 0 Å². The van der Waals surface area contributed by atoms with Gasteiger partial charge in [0.25, 0.3) is 0 Å². The molecule has 1 N–H and O–H groups in total. The van der Waals surface area contributed by atoms with Crippen LogP contribution in [-0.2, 0) is 9.59 Å². The maximum absolute atomic E-state index is 12.5. The van der Waals surface area contributed by atoms with E-state index in [0.29, 0.717) is 6.54 Å². The fourth-order valence-electron chi connectivity index (χ4n) is 3.68. The zero-order valence-electron chi connectivity index (χ0n) is 15.7. The summed E-state index contributed by atoms with van der Waals surface area (Å²) in [4.78, 5) is 31.3. The zero-order valence-corrected chi connectivity index (χ0v) is 15.7. The second kappa shape index (κ2) is 9.14. The van der Waals surface area contributed by atoms with Crippen LogP contribution in [0, 0.1) is 0 Å². The van der Waals surface area contributed by atoms with E-state index in [0.717, 1.165) is 57.8 Å². The van der Waals surface area contributed by atoms with Gasteiger partial charge in [0.1, 0.15) is 0 Å². The Bertz CT molecular complexity index is 593. The SMILES string of the molecule is C[C@@H](C(=O)Nc1ccccc1)N1CCN(CC(=O)N2CCCCC2)CC1. The quantitative estimate of drug-likeness (QED) is 0.869. The van der Waals surface area contributed by atoms with E-state index in [9.17, 15) is 9.59 Å². The van der Waals surface area contributed by atoms with Crippen molar-refractivity contribution in [3.63, 3.8) is 0 Å². The molecule has 0 bridgehead atoms. The number of piperazine rings is 1. The fourth-order valence-corrected chi connectivity index (χ4v) is 3.68. The highest BCUT2D eigenvalue weighted by Crippen LogP contribution is 2.12. The van der Waals surface area contributed by atoms with Gasteiger partial charge in [-0.2, -0.15) is 0 Å². The number of carbonyl (C=O) groups is 2. The first-order valence-electron chi connectivity index (χ1n) is 9.73. The van der Waals surface area contributed by atoms with Crippen molar-refractivity contribution in [3.8, 4) is 0 Å². The lowest BCUT2D eigenvalue weighted by atomic mass is 10.1. The molecule has 0 aliphatic carbocycles. The smallest absolute Gasteiger partial charge is 0.241 e. The van der Waals surface area contributed by atoms with Gasteiger partial charge < -0.3 is 10.2 Å². The molecule has 1 aromatic rings. The molecule has 2 aliphatic rings. The minimum absolute atomic E-state index is 0.0223. The minimum Gasteiger partial charge on any atom is -0.342 e. The number of benzene rings is 1. The average Bonchev–Trinajstić information content (AvgIpc) is 2.69. The molecule has 0 unspecified atom stereocenters. The van der Waals surface area contributed by atoms with Gasteiger partial charge in [0.05, 0.1) is 12.6 Å². The molecule has 2 aliphatic heterocycles. The number of amides is 2. The number of rotatable bonds is 5. The van der Waals surface area contributed by atoms with Gasteiger partial charge >= 0.3 is 0 Å². The summed E-state index contributed by atoms with van der Waals surface area (Å²) in [6.45, 7) is 7.59. The van der Waals surface area contributed by atoms with E-state index >= 15 is 0 Å². The lowest BCUT2D eigenvalue weighted by Crippen LogP contribution is -2.54. The van der Waals surface area contributed by atoms with E-state index in [4.69, 9.17) is 0 Å². The Labute approximate surface area is 156 Å². The molecule has 142 valence electrons. The van der Waals surface area contributed by atoms with Gasteiger partial charge in [-0.15, -0.1) is 0 Å². The third-order valence-electron chi connectivity index (χ3n) is 5.44. The first-order valence-corrected chi connectivity index (χ1v) is 9.73. The Morgan fingerprint density at radius 2 is 1.62 bits per heavy atom. The molecule has 2 saturated heterocycles. The van der Waals surface area contributed by atoms with E-state index in [1.807, 2.05) is 42.2 Å². The summed E-state index contributed by atoms with van der Waals surface area (Å²) in [5.41, 5.74) is 0.829. The Morgan fingerprint density at radius 1 is 0.962 bits per heavy atom. The molecule has 1 aromatic carbocycles. The van der Waals surface area contributed by atoms with Crippen LogP contribution in [-0.4, -0.2) is 78.4 Å². The largest absolute Gasteiger partial charge is 0.342 e. The number of hydrogen-bond acceptors (Lipinski definition) is 4. The van der Waals surface area contributed by atoms with Crippen LogP contribution in [0.4, 0.5) is 5.69 Å². The van der Waals surface area contributed by atoms with Crippen molar-refractivity contribution in [3.05, 3.63) is 30.3 Å². The van der Waals surface area contributed by atoms with Crippen molar-refractivity contribution in [2.75, 3.05) is 51.1 Å². The van der Waals surface area contributed by atoms with Gasteiger partial charge in [0.2, 0.25) is 11.8 Å². The van der Waals surface area contributed by atoms with Gasteiger partial charge in [-0.25, -0.2) is 0 Å². The number of hydrogen-bond donors (Lipinski definition) is 1. The van der Waals surface area contributed by atoms with Crippen molar-refractivity contribution in [1.29, 1.82) is 0 Å². The molecule has 2 amide bonds. The second-order valence-electron chi connectivity index (χ2n) is 7.28. The highest BCUT2D eigenvalue weighted by atomic mass is 16.2. The average molecular weight is 358 g/mol. The van der Waals surface area contributed by atoms with Crippen molar-refractivity contribution < 1.29 is 9.59 Å². The van der Waals surface area contributed by atoms with Crippen LogP contribution in [0.1, 0.15) is 26.2 Å². The lowest BCUT2D eigenvalue weighted by molar-refractivity contribution is -0.134. The molecular weight excluding hydrogens is 328 g/mol. The number of anilines is 1. The monoisotopic (exact) mass is 358 g/mol. The molecule has 0 radical (unpaired) electrons. The molecule has 6 heteroatoms. The van der Waals surface area contributed by atoms with Crippen molar-refractivity contribution in [2.45, 2.75) is 32.2 Å². The molecule has 3 rings (SSSR count). The van der Waals surface area contributed by atoms with Crippen molar-refractivity contribution >= 4 is 17.5 Å². The third-order valence-corrected chi connectivity index (χ3v) is 5.44. The minimum atomic E-state index is -0.171. The number of piperidine rings is 1. The first kappa shape index (κ1) is 18.9. The number of para-hydroxylation sites is 1. The normalized spacial score (nSPS) is 20.6. The predicted molar refractivity (Wildman–Crippen MR) is 103 cm³/mol. The number of nitrogens with zero attached hydrogens (tertiary/aromatic N) is 3. The molecule has 2 heterocycles. The van der Waals surface area contributed by atoms with Gasteiger partial charge in [-0.1, -0.05) is 18.2 Å². The Hall–Kier alpha value is -1.92. The van der Waals surface area contributed by atoms with Crippen LogP contribution in [0.5, 0.6) is 0 Å². The summed E-state index contributed by atoms with van der Waals surface area (Å²) in [5.74, 6) is 0.280. The van der Waals surface area contributed by atoms with Gasteiger partial charge in [-0.3, -0.25) is 19.4 Å². The van der Waals surface area contributed by atoms with E-state index in [-0.39, 0.29) is 17.9 Å². The van der Waals surface area contributed by atoms with Crippen LogP contribution in [0.15, 0.2) is 30.3 Å². The summed E-state index contributed by atoms with van der Waals surface area (Å²) >= 11 is 0. The summed E-state index contributed by atoms with van der Waals surface area (Å²) in [6, 6.07) is 9.39. The van der Waals surface area contributed by atoms with Gasteiger partial charge in [-0.05, 0) is 38.3 Å². The van der Waals surface area contributed by atoms with Crippen molar-refractivity contribution in [2.24, 2.45) is 0 Å². The fraction of sp³-hybridized carbons (Fsp3) is 0.600. The van der Waals surface area contributed by atoms with Crippen LogP contribution in [0.2, 0.25) is 0 Å². The Morgan fingerprint density at radius 3 is 2.27 bits per heavy atom. The summed E-state index contributed by atoms with van der Waals surface area (Å²) in [6.07, 6.45) is 3.51.